The number of carbonyl (C=O) groups is 2. The third kappa shape index (κ3) is 4.78. The molecule has 0 saturated carbocycles. The molecule has 2 fully saturated rings. The van der Waals surface area contributed by atoms with Gasteiger partial charge in [-0.1, -0.05) is 37.3 Å². The van der Waals surface area contributed by atoms with Crippen LogP contribution in [0.1, 0.15) is 35.8 Å². The number of fused-ring (bicyclic) bond motifs is 1. The van der Waals surface area contributed by atoms with Gasteiger partial charge in [0, 0.05) is 25.7 Å². The third-order valence-corrected chi connectivity index (χ3v) is 5.84. The molecule has 2 saturated heterocycles. The molecule has 1 aromatic carbocycles. The van der Waals surface area contributed by atoms with E-state index in [-0.39, 0.29) is 30.1 Å². The van der Waals surface area contributed by atoms with Crippen molar-refractivity contribution in [1.29, 1.82) is 0 Å². The highest BCUT2D eigenvalue weighted by atomic mass is 16.6. The van der Waals surface area contributed by atoms with E-state index in [1.54, 1.807) is 6.20 Å². The average Bonchev–Trinajstić information content (AvgIpc) is 3.10. The number of nitrogens with zero attached hydrogens (tertiary/aromatic N) is 2. The van der Waals surface area contributed by atoms with Gasteiger partial charge in [0.2, 0.25) is 5.91 Å². The summed E-state index contributed by atoms with van der Waals surface area (Å²) < 4.78 is 12.1. The first-order valence-corrected chi connectivity index (χ1v) is 10.9. The van der Waals surface area contributed by atoms with Crippen molar-refractivity contribution in [3.8, 4) is 11.1 Å². The summed E-state index contributed by atoms with van der Waals surface area (Å²) in [4.78, 5) is 31.5. The number of nitrogens with one attached hydrogen (secondary N) is 1. The van der Waals surface area contributed by atoms with E-state index in [1.807, 2.05) is 55.1 Å². The summed E-state index contributed by atoms with van der Waals surface area (Å²) in [5.41, 5.74) is 3.06. The van der Waals surface area contributed by atoms with Crippen LogP contribution in [0.15, 0.2) is 42.6 Å². The van der Waals surface area contributed by atoms with Gasteiger partial charge in [-0.3, -0.25) is 14.6 Å². The molecule has 0 bridgehead atoms. The minimum Gasteiger partial charge on any atom is -0.371 e. The van der Waals surface area contributed by atoms with Gasteiger partial charge < -0.3 is 19.7 Å². The summed E-state index contributed by atoms with van der Waals surface area (Å²) >= 11 is 0. The standard InChI is InChI=1S/C24H29N3O4/c1-3-7-22(28)27-12-20-21(13-27)31-15-18(14-30-20)26-24(29)23-16(2)25-11-10-19(23)17-8-5-4-6-9-17/h4-6,8-11,18,20-21H,3,7,12-15H2,1-2H3,(H,26,29)/t20-,21-/m0/s1. The molecular formula is C24H29N3O4. The Morgan fingerprint density at radius 3 is 2.42 bits per heavy atom. The fraction of sp³-hybridized carbons (Fsp3) is 0.458. The first-order valence-electron chi connectivity index (χ1n) is 10.9. The van der Waals surface area contributed by atoms with Crippen LogP contribution in [0, 0.1) is 6.92 Å². The van der Waals surface area contributed by atoms with Crippen molar-refractivity contribution >= 4 is 11.8 Å². The summed E-state index contributed by atoms with van der Waals surface area (Å²) in [5, 5.41) is 3.06. The van der Waals surface area contributed by atoms with E-state index in [0.29, 0.717) is 44.0 Å². The Labute approximate surface area is 182 Å². The van der Waals surface area contributed by atoms with Gasteiger partial charge >= 0.3 is 0 Å². The number of likely N-dealkylation sites (tertiary alicyclic amines) is 1. The number of aromatic nitrogens is 1. The van der Waals surface area contributed by atoms with E-state index in [2.05, 4.69) is 10.3 Å². The number of pyridine rings is 1. The zero-order valence-corrected chi connectivity index (χ0v) is 18.0. The van der Waals surface area contributed by atoms with Gasteiger partial charge in [-0.2, -0.15) is 0 Å². The van der Waals surface area contributed by atoms with Crippen LogP contribution < -0.4 is 5.32 Å². The Balaban J connectivity index is 1.42. The van der Waals surface area contributed by atoms with E-state index < -0.39 is 0 Å². The van der Waals surface area contributed by atoms with E-state index in [9.17, 15) is 9.59 Å². The Hall–Kier alpha value is -2.77. The second-order valence-corrected chi connectivity index (χ2v) is 8.15. The average molecular weight is 424 g/mol. The number of rotatable bonds is 5. The second-order valence-electron chi connectivity index (χ2n) is 8.15. The van der Waals surface area contributed by atoms with Crippen LogP contribution in [0.2, 0.25) is 0 Å². The largest absolute Gasteiger partial charge is 0.371 e. The van der Waals surface area contributed by atoms with Gasteiger partial charge in [-0.15, -0.1) is 0 Å². The summed E-state index contributed by atoms with van der Waals surface area (Å²) in [6, 6.07) is 11.4. The number of aryl methyl sites for hydroxylation is 1. The molecule has 0 radical (unpaired) electrons. The highest BCUT2D eigenvalue weighted by Crippen LogP contribution is 2.26. The molecule has 1 aromatic heterocycles. The molecule has 3 heterocycles. The van der Waals surface area contributed by atoms with Gasteiger partial charge in [0.25, 0.3) is 5.91 Å². The maximum Gasteiger partial charge on any atom is 0.254 e. The lowest BCUT2D eigenvalue weighted by Gasteiger charge is -2.20. The second kappa shape index (κ2) is 9.58. The Morgan fingerprint density at radius 2 is 1.77 bits per heavy atom. The fourth-order valence-electron chi connectivity index (χ4n) is 4.22. The molecule has 2 aromatic rings. The van der Waals surface area contributed by atoms with Gasteiger partial charge in [-0.05, 0) is 30.5 Å². The van der Waals surface area contributed by atoms with Gasteiger partial charge in [0.05, 0.1) is 30.5 Å². The zero-order valence-electron chi connectivity index (χ0n) is 18.0. The molecule has 0 spiro atoms. The van der Waals surface area contributed by atoms with Crippen molar-refractivity contribution in [3.63, 3.8) is 0 Å². The fourth-order valence-corrected chi connectivity index (χ4v) is 4.22. The Kier molecular flexibility index (Phi) is 6.63. The molecule has 1 N–H and O–H groups in total. The number of ether oxygens (including phenoxy) is 2. The summed E-state index contributed by atoms with van der Waals surface area (Å²) in [7, 11) is 0. The third-order valence-electron chi connectivity index (χ3n) is 5.84. The van der Waals surface area contributed by atoms with Crippen LogP contribution in [-0.2, 0) is 14.3 Å². The van der Waals surface area contributed by atoms with Crippen molar-refractivity contribution in [2.45, 2.75) is 44.9 Å². The molecule has 0 unspecified atom stereocenters. The van der Waals surface area contributed by atoms with Crippen molar-refractivity contribution < 1.29 is 19.1 Å². The molecule has 2 aliphatic rings. The first kappa shape index (κ1) is 21.5. The molecule has 0 aliphatic carbocycles. The highest BCUT2D eigenvalue weighted by Gasteiger charge is 2.39. The molecule has 4 rings (SSSR count). The predicted octanol–water partition coefficient (Wildman–Crippen LogP) is 2.58. The SMILES string of the molecule is CCCC(=O)N1C[C@@H]2OCC(NC(=O)c3c(-c4ccccc4)ccnc3C)CO[C@H]2C1. The summed E-state index contributed by atoms with van der Waals surface area (Å²) in [6.45, 7) is 5.63. The number of hydrogen-bond donors (Lipinski definition) is 1. The minimum atomic E-state index is -0.263. The Morgan fingerprint density at radius 1 is 1.10 bits per heavy atom. The molecular weight excluding hydrogens is 394 g/mol. The molecule has 2 amide bonds. The van der Waals surface area contributed by atoms with Gasteiger partial charge in [0.1, 0.15) is 12.2 Å². The van der Waals surface area contributed by atoms with Crippen molar-refractivity contribution in [3.05, 3.63) is 53.9 Å². The van der Waals surface area contributed by atoms with E-state index >= 15 is 0 Å². The van der Waals surface area contributed by atoms with E-state index in [4.69, 9.17) is 9.47 Å². The summed E-state index contributed by atoms with van der Waals surface area (Å²) in [6.07, 6.45) is 2.80. The predicted molar refractivity (Wildman–Crippen MR) is 117 cm³/mol. The monoisotopic (exact) mass is 423 g/mol. The maximum absolute atomic E-state index is 13.2. The lowest BCUT2D eigenvalue weighted by Crippen LogP contribution is -2.42. The number of amides is 2. The van der Waals surface area contributed by atoms with Crippen LogP contribution >= 0.6 is 0 Å². The normalized spacial score (nSPS) is 21.4. The first-order chi connectivity index (χ1) is 15.1. The molecule has 164 valence electrons. The Bertz CT molecular complexity index is 918. The van der Waals surface area contributed by atoms with Crippen LogP contribution in [-0.4, -0.2) is 66.3 Å². The smallest absolute Gasteiger partial charge is 0.254 e. The van der Waals surface area contributed by atoms with Crippen LogP contribution in [0.3, 0.4) is 0 Å². The molecule has 7 heteroatoms. The highest BCUT2D eigenvalue weighted by molar-refractivity contribution is 6.02. The van der Waals surface area contributed by atoms with Gasteiger partial charge in [-0.25, -0.2) is 0 Å². The lowest BCUT2D eigenvalue weighted by molar-refractivity contribution is -0.131. The molecule has 31 heavy (non-hydrogen) atoms. The zero-order chi connectivity index (χ0) is 21.8. The van der Waals surface area contributed by atoms with Crippen LogP contribution in [0.25, 0.3) is 11.1 Å². The topological polar surface area (TPSA) is 80.8 Å². The number of carbonyl (C=O) groups excluding carboxylic acids is 2. The maximum atomic E-state index is 13.2. The molecule has 2 aliphatic heterocycles. The van der Waals surface area contributed by atoms with Crippen molar-refractivity contribution in [2.24, 2.45) is 0 Å². The van der Waals surface area contributed by atoms with E-state index in [0.717, 1.165) is 17.5 Å². The van der Waals surface area contributed by atoms with E-state index in [1.165, 1.54) is 0 Å². The van der Waals surface area contributed by atoms with Crippen molar-refractivity contribution in [1.82, 2.24) is 15.2 Å². The number of hydrogen-bond acceptors (Lipinski definition) is 5. The quantitative estimate of drug-likeness (QED) is 0.800. The minimum absolute atomic E-state index is 0.146. The lowest BCUT2D eigenvalue weighted by atomic mass is 9.98. The van der Waals surface area contributed by atoms with Gasteiger partial charge in [0.15, 0.2) is 0 Å². The van der Waals surface area contributed by atoms with Crippen LogP contribution in [0.5, 0.6) is 0 Å². The molecule has 7 nitrogen and oxygen atoms in total. The van der Waals surface area contributed by atoms with Crippen molar-refractivity contribution in [2.75, 3.05) is 26.3 Å². The molecule has 2 atom stereocenters. The number of benzene rings is 1. The summed E-state index contributed by atoms with van der Waals surface area (Å²) in [5.74, 6) is -0.0402. The van der Waals surface area contributed by atoms with Crippen LogP contribution in [0.4, 0.5) is 0 Å².